The molecule has 2 nitrogen and oxygen atoms in total. The van der Waals surface area contributed by atoms with Crippen LogP contribution in [0.15, 0.2) is 45.7 Å². The first-order chi connectivity index (χ1) is 7.78. The van der Waals surface area contributed by atoms with Crippen LogP contribution in [0.1, 0.15) is 21.9 Å². The molecule has 0 aliphatic heterocycles. The third-order valence-electron chi connectivity index (χ3n) is 2.20. The lowest BCUT2D eigenvalue weighted by atomic mass is 10.2. The minimum Gasteiger partial charge on any atom is -0.457 e. The molecule has 3 heteroatoms. The van der Waals surface area contributed by atoms with Gasteiger partial charge in [-0.15, -0.1) is 11.8 Å². The molecule has 0 spiro atoms. The lowest BCUT2D eigenvalue weighted by Crippen LogP contribution is -1.77. The summed E-state index contributed by atoms with van der Waals surface area (Å²) < 4.78 is 5.29. The van der Waals surface area contributed by atoms with Crippen molar-refractivity contribution in [3.63, 3.8) is 0 Å². The largest absolute Gasteiger partial charge is 0.457 e. The smallest absolute Gasteiger partial charge is 0.185 e. The number of rotatable bonds is 4. The van der Waals surface area contributed by atoms with Gasteiger partial charge >= 0.3 is 0 Å². The van der Waals surface area contributed by atoms with Crippen LogP contribution in [0, 0.1) is 6.92 Å². The van der Waals surface area contributed by atoms with Gasteiger partial charge in [-0.05, 0) is 31.2 Å². The van der Waals surface area contributed by atoms with Gasteiger partial charge in [0, 0.05) is 4.90 Å². The maximum absolute atomic E-state index is 10.4. The van der Waals surface area contributed by atoms with E-state index < -0.39 is 0 Å². The van der Waals surface area contributed by atoms with Gasteiger partial charge in [0.25, 0.3) is 0 Å². The van der Waals surface area contributed by atoms with Crippen LogP contribution in [0.25, 0.3) is 0 Å². The monoisotopic (exact) mass is 232 g/mol. The van der Waals surface area contributed by atoms with E-state index in [1.165, 1.54) is 10.5 Å². The van der Waals surface area contributed by atoms with Crippen molar-refractivity contribution in [1.82, 2.24) is 0 Å². The van der Waals surface area contributed by atoms with E-state index in [0.29, 0.717) is 5.76 Å². The van der Waals surface area contributed by atoms with E-state index in [1.807, 2.05) is 6.07 Å². The highest BCUT2D eigenvalue weighted by Crippen LogP contribution is 2.23. The molecule has 16 heavy (non-hydrogen) atoms. The highest BCUT2D eigenvalue weighted by Gasteiger charge is 2.01. The van der Waals surface area contributed by atoms with Crippen molar-refractivity contribution in [3.8, 4) is 0 Å². The fraction of sp³-hybridized carbons (Fsp3) is 0.154. The van der Waals surface area contributed by atoms with Crippen LogP contribution in [-0.4, -0.2) is 6.29 Å². The second kappa shape index (κ2) is 5.03. The molecule has 0 unspecified atom stereocenters. The molecule has 0 aliphatic rings. The zero-order valence-electron chi connectivity index (χ0n) is 8.97. The molecule has 0 fully saturated rings. The van der Waals surface area contributed by atoms with Crippen molar-refractivity contribution in [1.29, 1.82) is 0 Å². The molecule has 2 rings (SSSR count). The minimum atomic E-state index is 0.388. The summed E-state index contributed by atoms with van der Waals surface area (Å²) in [4.78, 5) is 11.6. The predicted molar refractivity (Wildman–Crippen MR) is 64.8 cm³/mol. The molecular formula is C13H12O2S. The van der Waals surface area contributed by atoms with Gasteiger partial charge in [0.2, 0.25) is 0 Å². The molecule has 0 amide bonds. The molecule has 0 atom stereocenters. The second-order valence-corrected chi connectivity index (χ2v) is 4.57. The normalized spacial score (nSPS) is 10.3. The summed E-state index contributed by atoms with van der Waals surface area (Å²) in [7, 11) is 0. The first-order valence-electron chi connectivity index (χ1n) is 5.01. The summed E-state index contributed by atoms with van der Waals surface area (Å²) in [5.41, 5.74) is 1.26. The van der Waals surface area contributed by atoms with Crippen molar-refractivity contribution in [2.75, 3.05) is 0 Å². The number of aryl methyl sites for hydroxylation is 1. The summed E-state index contributed by atoms with van der Waals surface area (Å²) in [6.07, 6.45) is 0.722. The zero-order chi connectivity index (χ0) is 11.4. The van der Waals surface area contributed by atoms with E-state index in [2.05, 4.69) is 31.2 Å². The van der Waals surface area contributed by atoms with Crippen LogP contribution in [0.2, 0.25) is 0 Å². The van der Waals surface area contributed by atoms with Gasteiger partial charge in [0.15, 0.2) is 12.0 Å². The van der Waals surface area contributed by atoms with Gasteiger partial charge in [-0.1, -0.05) is 17.7 Å². The fourth-order valence-corrected chi connectivity index (χ4v) is 2.12. The van der Waals surface area contributed by atoms with Crippen molar-refractivity contribution in [2.24, 2.45) is 0 Å². The first kappa shape index (κ1) is 11.0. The first-order valence-corrected chi connectivity index (χ1v) is 6.00. The third-order valence-corrected chi connectivity index (χ3v) is 3.24. The molecule has 0 saturated heterocycles. The van der Waals surface area contributed by atoms with E-state index in [1.54, 1.807) is 17.8 Å². The fourth-order valence-electron chi connectivity index (χ4n) is 1.32. The van der Waals surface area contributed by atoms with Crippen LogP contribution in [0.5, 0.6) is 0 Å². The zero-order valence-corrected chi connectivity index (χ0v) is 9.79. The van der Waals surface area contributed by atoms with E-state index in [0.717, 1.165) is 17.8 Å². The Morgan fingerprint density at radius 2 is 1.94 bits per heavy atom. The summed E-state index contributed by atoms with van der Waals surface area (Å²) in [6.45, 7) is 2.07. The molecule has 0 aliphatic carbocycles. The Morgan fingerprint density at radius 1 is 1.19 bits per heavy atom. The molecule has 0 saturated carbocycles. The lowest BCUT2D eigenvalue weighted by molar-refractivity contribution is 0.109. The molecular weight excluding hydrogens is 220 g/mol. The van der Waals surface area contributed by atoms with E-state index in [4.69, 9.17) is 4.42 Å². The molecule has 0 radical (unpaired) electrons. The third kappa shape index (κ3) is 2.76. The highest BCUT2D eigenvalue weighted by atomic mass is 32.2. The molecule has 1 heterocycles. The summed E-state index contributed by atoms with van der Waals surface area (Å²) >= 11 is 1.70. The van der Waals surface area contributed by atoms with Gasteiger partial charge in [-0.2, -0.15) is 0 Å². The average molecular weight is 232 g/mol. The number of hydrogen-bond acceptors (Lipinski definition) is 3. The van der Waals surface area contributed by atoms with Crippen LogP contribution in [-0.2, 0) is 5.75 Å². The number of hydrogen-bond donors (Lipinski definition) is 0. The number of carbonyl (C=O) groups excluding carboxylic acids is 1. The van der Waals surface area contributed by atoms with Gasteiger partial charge in [-0.3, -0.25) is 4.79 Å². The van der Waals surface area contributed by atoms with Crippen LogP contribution >= 0.6 is 11.8 Å². The highest BCUT2D eigenvalue weighted by molar-refractivity contribution is 7.98. The maximum Gasteiger partial charge on any atom is 0.185 e. The SMILES string of the molecule is Cc1ccc(SCc2ccc(C=O)o2)cc1. The molecule has 2 aromatic rings. The van der Waals surface area contributed by atoms with Crippen LogP contribution in [0.3, 0.4) is 0 Å². The van der Waals surface area contributed by atoms with E-state index in [-0.39, 0.29) is 0 Å². The Bertz CT molecular complexity index is 471. The molecule has 0 N–H and O–H groups in total. The van der Waals surface area contributed by atoms with Crippen molar-refractivity contribution in [2.45, 2.75) is 17.6 Å². The quantitative estimate of drug-likeness (QED) is 0.595. The Kier molecular flexibility index (Phi) is 3.47. The standard InChI is InChI=1S/C13H12O2S/c1-10-2-6-13(7-3-10)16-9-12-5-4-11(8-14)15-12/h2-8H,9H2,1H3. The lowest BCUT2D eigenvalue weighted by Gasteiger charge is -1.99. The summed E-state index contributed by atoms with van der Waals surface area (Å²) in [6, 6.07) is 11.9. The number of aldehydes is 1. The van der Waals surface area contributed by atoms with E-state index in [9.17, 15) is 4.79 Å². The Hall–Kier alpha value is -1.48. The Labute approximate surface area is 98.7 Å². The van der Waals surface area contributed by atoms with Crippen LogP contribution < -0.4 is 0 Å². The molecule has 1 aromatic carbocycles. The van der Waals surface area contributed by atoms with Gasteiger partial charge < -0.3 is 4.42 Å². The Morgan fingerprint density at radius 3 is 2.56 bits per heavy atom. The van der Waals surface area contributed by atoms with Crippen molar-refractivity contribution >= 4 is 18.0 Å². The topological polar surface area (TPSA) is 30.2 Å². The van der Waals surface area contributed by atoms with E-state index >= 15 is 0 Å². The predicted octanol–water partition coefficient (Wildman–Crippen LogP) is 3.69. The van der Waals surface area contributed by atoms with Gasteiger partial charge in [0.05, 0.1) is 5.75 Å². The maximum atomic E-state index is 10.4. The average Bonchev–Trinajstić information content (AvgIpc) is 2.76. The molecule has 82 valence electrons. The molecule has 0 bridgehead atoms. The summed E-state index contributed by atoms with van der Waals surface area (Å²) in [5, 5.41) is 0. The number of thioether (sulfide) groups is 1. The summed E-state index contributed by atoms with van der Waals surface area (Å²) in [5.74, 6) is 1.96. The van der Waals surface area contributed by atoms with Gasteiger partial charge in [-0.25, -0.2) is 0 Å². The molecule has 1 aromatic heterocycles. The van der Waals surface area contributed by atoms with Gasteiger partial charge in [0.1, 0.15) is 5.76 Å². The van der Waals surface area contributed by atoms with Crippen molar-refractivity contribution in [3.05, 3.63) is 53.5 Å². The Balaban J connectivity index is 1.96. The van der Waals surface area contributed by atoms with Crippen molar-refractivity contribution < 1.29 is 9.21 Å². The number of benzene rings is 1. The second-order valence-electron chi connectivity index (χ2n) is 3.52. The number of furan rings is 1. The number of carbonyl (C=O) groups is 1. The van der Waals surface area contributed by atoms with Crippen LogP contribution in [0.4, 0.5) is 0 Å². The minimum absolute atomic E-state index is 0.388.